The largest absolute Gasteiger partial charge is 0.350 e. The first-order valence-corrected chi connectivity index (χ1v) is 9.57. The maximum Gasteiger partial charge on any atom is 0.242 e. The van der Waals surface area contributed by atoms with Gasteiger partial charge in [0, 0.05) is 11.9 Å². The van der Waals surface area contributed by atoms with E-state index in [9.17, 15) is 9.59 Å². The number of para-hydroxylation sites is 1. The standard InChI is InChI=1S/C24H25N3O2/c1-24(2,22(28)26-17-20-13-9-10-16-25-20)23(29)27(21-14-7-4-8-15-21)18-19-11-5-3-6-12-19/h3-16H,17-18H2,1-2H3,(H,26,28). The number of hydrogen-bond acceptors (Lipinski definition) is 3. The number of nitrogens with zero attached hydrogens (tertiary/aromatic N) is 2. The molecule has 2 amide bonds. The van der Waals surface area contributed by atoms with E-state index >= 15 is 0 Å². The number of carbonyl (C=O) groups is 2. The molecule has 0 aliphatic heterocycles. The van der Waals surface area contributed by atoms with Gasteiger partial charge in [-0.3, -0.25) is 14.6 Å². The molecule has 148 valence electrons. The minimum Gasteiger partial charge on any atom is -0.350 e. The Kier molecular flexibility index (Phi) is 6.39. The van der Waals surface area contributed by atoms with E-state index in [0.29, 0.717) is 6.54 Å². The smallest absolute Gasteiger partial charge is 0.242 e. The molecule has 0 radical (unpaired) electrons. The fraction of sp³-hybridized carbons (Fsp3) is 0.208. The number of carbonyl (C=O) groups excluding carboxylic acids is 2. The summed E-state index contributed by atoms with van der Waals surface area (Å²) >= 11 is 0. The molecular weight excluding hydrogens is 362 g/mol. The van der Waals surface area contributed by atoms with Crippen molar-refractivity contribution >= 4 is 17.5 Å². The van der Waals surface area contributed by atoms with Gasteiger partial charge in [-0.15, -0.1) is 0 Å². The molecule has 5 nitrogen and oxygen atoms in total. The van der Waals surface area contributed by atoms with E-state index in [1.165, 1.54) is 0 Å². The van der Waals surface area contributed by atoms with Crippen LogP contribution in [0.3, 0.4) is 0 Å². The van der Waals surface area contributed by atoms with Gasteiger partial charge in [0.1, 0.15) is 5.41 Å². The Balaban J connectivity index is 1.80. The summed E-state index contributed by atoms with van der Waals surface area (Å²) in [6.07, 6.45) is 1.68. The van der Waals surface area contributed by atoms with Gasteiger partial charge in [0.05, 0.1) is 18.8 Å². The average Bonchev–Trinajstić information content (AvgIpc) is 2.77. The quantitative estimate of drug-likeness (QED) is 0.624. The highest BCUT2D eigenvalue weighted by atomic mass is 16.2. The SMILES string of the molecule is CC(C)(C(=O)NCc1ccccn1)C(=O)N(Cc1ccccc1)c1ccccc1. The lowest BCUT2D eigenvalue weighted by Gasteiger charge is -2.31. The second kappa shape index (κ2) is 9.15. The van der Waals surface area contributed by atoms with Crippen LogP contribution in [0.2, 0.25) is 0 Å². The van der Waals surface area contributed by atoms with E-state index in [4.69, 9.17) is 0 Å². The fourth-order valence-corrected chi connectivity index (χ4v) is 2.98. The number of amides is 2. The van der Waals surface area contributed by atoms with E-state index in [-0.39, 0.29) is 18.4 Å². The number of anilines is 1. The van der Waals surface area contributed by atoms with Crippen LogP contribution in [0.5, 0.6) is 0 Å². The summed E-state index contributed by atoms with van der Waals surface area (Å²) in [4.78, 5) is 32.2. The first kappa shape index (κ1) is 20.3. The van der Waals surface area contributed by atoms with E-state index in [1.807, 2.05) is 78.9 Å². The first-order chi connectivity index (χ1) is 14.0. The molecule has 0 atom stereocenters. The Morgan fingerprint density at radius 2 is 1.52 bits per heavy atom. The van der Waals surface area contributed by atoms with Crippen LogP contribution in [0.25, 0.3) is 0 Å². The third-order valence-corrected chi connectivity index (χ3v) is 4.76. The van der Waals surface area contributed by atoms with Crippen LogP contribution in [-0.4, -0.2) is 16.8 Å². The van der Waals surface area contributed by atoms with Gasteiger partial charge in [0.2, 0.25) is 11.8 Å². The van der Waals surface area contributed by atoms with Crippen molar-refractivity contribution in [1.29, 1.82) is 0 Å². The zero-order valence-electron chi connectivity index (χ0n) is 16.7. The predicted octanol–water partition coefficient (Wildman–Crippen LogP) is 3.96. The Hall–Kier alpha value is -3.47. The van der Waals surface area contributed by atoms with Crippen molar-refractivity contribution in [3.8, 4) is 0 Å². The van der Waals surface area contributed by atoms with Gasteiger partial charge < -0.3 is 10.2 Å². The highest BCUT2D eigenvalue weighted by Crippen LogP contribution is 2.26. The molecule has 0 saturated carbocycles. The highest BCUT2D eigenvalue weighted by molar-refractivity contribution is 6.10. The maximum absolute atomic E-state index is 13.5. The van der Waals surface area contributed by atoms with Crippen molar-refractivity contribution in [3.63, 3.8) is 0 Å². The third kappa shape index (κ3) is 5.08. The monoisotopic (exact) mass is 387 g/mol. The molecule has 0 unspecified atom stereocenters. The lowest BCUT2D eigenvalue weighted by Crippen LogP contribution is -2.49. The molecule has 0 saturated heterocycles. The zero-order chi connectivity index (χ0) is 20.7. The Bertz CT molecular complexity index is 942. The van der Waals surface area contributed by atoms with Crippen LogP contribution in [0.1, 0.15) is 25.1 Å². The van der Waals surface area contributed by atoms with E-state index in [2.05, 4.69) is 10.3 Å². The summed E-state index contributed by atoms with van der Waals surface area (Å²) in [5.41, 5.74) is 1.26. The van der Waals surface area contributed by atoms with Crippen LogP contribution in [0, 0.1) is 5.41 Å². The summed E-state index contributed by atoms with van der Waals surface area (Å²) < 4.78 is 0. The molecule has 0 aliphatic carbocycles. The van der Waals surface area contributed by atoms with Crippen molar-refractivity contribution < 1.29 is 9.59 Å². The lowest BCUT2D eigenvalue weighted by molar-refractivity contribution is -0.140. The van der Waals surface area contributed by atoms with Gasteiger partial charge in [-0.25, -0.2) is 0 Å². The van der Waals surface area contributed by atoms with Crippen LogP contribution in [0.4, 0.5) is 5.69 Å². The molecule has 0 fully saturated rings. The van der Waals surface area contributed by atoms with Crippen molar-refractivity contribution in [2.45, 2.75) is 26.9 Å². The van der Waals surface area contributed by atoms with Crippen LogP contribution in [0.15, 0.2) is 85.1 Å². The third-order valence-electron chi connectivity index (χ3n) is 4.76. The molecule has 1 heterocycles. The minimum absolute atomic E-state index is 0.258. The van der Waals surface area contributed by atoms with Gasteiger partial charge in [-0.1, -0.05) is 54.6 Å². The summed E-state index contributed by atoms with van der Waals surface area (Å²) in [6, 6.07) is 24.7. The van der Waals surface area contributed by atoms with Crippen molar-refractivity contribution in [2.75, 3.05) is 4.90 Å². The summed E-state index contributed by atoms with van der Waals surface area (Å²) in [6.45, 7) is 3.98. The summed E-state index contributed by atoms with van der Waals surface area (Å²) in [7, 11) is 0. The summed E-state index contributed by atoms with van der Waals surface area (Å²) in [5, 5.41) is 2.84. The summed E-state index contributed by atoms with van der Waals surface area (Å²) in [5.74, 6) is -0.590. The average molecular weight is 387 g/mol. The Morgan fingerprint density at radius 3 is 2.14 bits per heavy atom. The number of hydrogen-bond donors (Lipinski definition) is 1. The fourth-order valence-electron chi connectivity index (χ4n) is 2.98. The van der Waals surface area contributed by atoms with Crippen molar-refractivity contribution in [2.24, 2.45) is 5.41 Å². The Morgan fingerprint density at radius 1 is 0.897 bits per heavy atom. The first-order valence-electron chi connectivity index (χ1n) is 9.57. The number of nitrogens with one attached hydrogen (secondary N) is 1. The van der Waals surface area contributed by atoms with E-state index in [0.717, 1.165) is 16.9 Å². The second-order valence-electron chi connectivity index (χ2n) is 7.34. The molecule has 3 aromatic rings. The second-order valence-corrected chi connectivity index (χ2v) is 7.34. The van der Waals surface area contributed by atoms with Crippen LogP contribution >= 0.6 is 0 Å². The van der Waals surface area contributed by atoms with Gasteiger partial charge in [0.25, 0.3) is 0 Å². The molecule has 2 aromatic carbocycles. The van der Waals surface area contributed by atoms with Crippen molar-refractivity contribution in [3.05, 3.63) is 96.3 Å². The maximum atomic E-state index is 13.5. The van der Waals surface area contributed by atoms with E-state index < -0.39 is 5.41 Å². The molecule has 0 aliphatic rings. The molecule has 0 bridgehead atoms. The van der Waals surface area contributed by atoms with Crippen LogP contribution < -0.4 is 10.2 Å². The normalized spacial score (nSPS) is 11.0. The molecule has 29 heavy (non-hydrogen) atoms. The zero-order valence-corrected chi connectivity index (χ0v) is 16.7. The number of benzene rings is 2. The number of aromatic nitrogens is 1. The van der Waals surface area contributed by atoms with Crippen molar-refractivity contribution in [1.82, 2.24) is 10.3 Å². The molecular formula is C24H25N3O2. The van der Waals surface area contributed by atoms with Gasteiger partial charge in [-0.2, -0.15) is 0 Å². The number of pyridine rings is 1. The lowest BCUT2D eigenvalue weighted by atomic mass is 9.89. The van der Waals surface area contributed by atoms with Gasteiger partial charge >= 0.3 is 0 Å². The van der Waals surface area contributed by atoms with Crippen LogP contribution in [-0.2, 0) is 22.7 Å². The van der Waals surface area contributed by atoms with E-state index in [1.54, 1.807) is 24.9 Å². The molecule has 3 rings (SSSR count). The van der Waals surface area contributed by atoms with Gasteiger partial charge in [-0.05, 0) is 43.7 Å². The molecule has 5 heteroatoms. The Labute approximate surface area is 171 Å². The minimum atomic E-state index is -1.24. The molecule has 1 N–H and O–H groups in total. The predicted molar refractivity (Wildman–Crippen MR) is 114 cm³/mol. The topological polar surface area (TPSA) is 62.3 Å². The highest BCUT2D eigenvalue weighted by Gasteiger charge is 2.39. The molecule has 1 aromatic heterocycles. The number of rotatable bonds is 7. The van der Waals surface area contributed by atoms with Gasteiger partial charge in [0.15, 0.2) is 0 Å². The molecule has 0 spiro atoms.